The van der Waals surface area contributed by atoms with Gasteiger partial charge in [0.05, 0.1) is 0 Å². The summed E-state index contributed by atoms with van der Waals surface area (Å²) in [7, 11) is 0. The Kier molecular flexibility index (Phi) is 3.87. The zero-order valence-electron chi connectivity index (χ0n) is 12.3. The minimum Gasteiger partial charge on any atom is -0.315 e. The van der Waals surface area contributed by atoms with E-state index in [0.29, 0.717) is 0 Å². The van der Waals surface area contributed by atoms with Crippen molar-refractivity contribution in [2.24, 2.45) is 11.8 Å². The van der Waals surface area contributed by atoms with E-state index in [1.807, 2.05) is 0 Å². The van der Waals surface area contributed by atoms with Gasteiger partial charge in [-0.2, -0.15) is 0 Å². The fourth-order valence-corrected chi connectivity index (χ4v) is 3.56. The van der Waals surface area contributed by atoms with Crippen molar-refractivity contribution in [1.29, 1.82) is 0 Å². The molecule has 19 heavy (non-hydrogen) atoms. The van der Waals surface area contributed by atoms with Gasteiger partial charge < -0.3 is 9.47 Å². The molecule has 3 heterocycles. The van der Waals surface area contributed by atoms with E-state index in [4.69, 9.17) is 0 Å². The van der Waals surface area contributed by atoms with Gasteiger partial charge in [-0.1, -0.05) is 13.8 Å². The first-order valence-electron chi connectivity index (χ1n) is 7.89. The quantitative estimate of drug-likeness (QED) is 0.837. The molecule has 0 aromatic carbocycles. The van der Waals surface area contributed by atoms with E-state index < -0.39 is 0 Å². The van der Waals surface area contributed by atoms with Crippen molar-refractivity contribution in [2.45, 2.75) is 52.5 Å². The van der Waals surface area contributed by atoms with Crippen LogP contribution in [0.15, 0.2) is 0 Å². The fraction of sp³-hybridized carbons (Fsp3) is 0.867. The number of aromatic nitrogens is 3. The second-order valence-electron chi connectivity index (χ2n) is 6.39. The first kappa shape index (κ1) is 13.1. The summed E-state index contributed by atoms with van der Waals surface area (Å²) < 4.78 is 2.39. The van der Waals surface area contributed by atoms with Crippen LogP contribution < -0.4 is 0 Å². The normalized spacial score (nSPS) is 28.3. The summed E-state index contributed by atoms with van der Waals surface area (Å²) >= 11 is 0. The van der Waals surface area contributed by atoms with Gasteiger partial charge in [-0.15, -0.1) is 10.2 Å². The molecule has 0 bridgehead atoms. The fourth-order valence-electron chi connectivity index (χ4n) is 3.56. The second kappa shape index (κ2) is 5.61. The van der Waals surface area contributed by atoms with Crippen LogP contribution in [0, 0.1) is 11.8 Å². The lowest BCUT2D eigenvalue weighted by Crippen LogP contribution is -2.36. The van der Waals surface area contributed by atoms with Crippen molar-refractivity contribution < 1.29 is 0 Å². The maximum Gasteiger partial charge on any atom is 0.133 e. The van der Waals surface area contributed by atoms with E-state index in [1.54, 1.807) is 0 Å². The van der Waals surface area contributed by atoms with Crippen molar-refractivity contribution in [3.8, 4) is 0 Å². The Balaban J connectivity index is 1.67. The monoisotopic (exact) mass is 262 g/mol. The number of hydrogen-bond acceptors (Lipinski definition) is 3. The minimum atomic E-state index is 0.773. The Morgan fingerprint density at radius 3 is 2.95 bits per heavy atom. The molecule has 2 unspecified atom stereocenters. The van der Waals surface area contributed by atoms with Gasteiger partial charge in [0, 0.05) is 25.9 Å². The van der Waals surface area contributed by atoms with Gasteiger partial charge >= 0.3 is 0 Å². The molecule has 0 spiro atoms. The molecule has 1 saturated heterocycles. The summed E-state index contributed by atoms with van der Waals surface area (Å²) in [5.41, 5.74) is 0. The summed E-state index contributed by atoms with van der Waals surface area (Å²) in [6.45, 7) is 9.42. The van der Waals surface area contributed by atoms with Gasteiger partial charge in [0.1, 0.15) is 11.6 Å². The van der Waals surface area contributed by atoms with E-state index in [0.717, 1.165) is 31.2 Å². The molecule has 2 atom stereocenters. The molecule has 1 aromatic rings. The van der Waals surface area contributed by atoms with Crippen LogP contribution in [0.4, 0.5) is 0 Å². The third-order valence-electron chi connectivity index (χ3n) is 4.80. The van der Waals surface area contributed by atoms with Gasteiger partial charge in [-0.05, 0) is 44.2 Å². The Hall–Kier alpha value is -0.900. The summed E-state index contributed by atoms with van der Waals surface area (Å²) in [5.74, 6) is 4.01. The maximum absolute atomic E-state index is 4.47. The van der Waals surface area contributed by atoms with Crippen molar-refractivity contribution in [1.82, 2.24) is 19.7 Å². The molecule has 1 fully saturated rings. The average molecular weight is 262 g/mol. The highest BCUT2D eigenvalue weighted by atomic mass is 15.3. The minimum absolute atomic E-state index is 0.773. The molecular weight excluding hydrogens is 236 g/mol. The lowest BCUT2D eigenvalue weighted by molar-refractivity contribution is 0.179. The topological polar surface area (TPSA) is 34.0 Å². The maximum atomic E-state index is 4.47. The molecule has 4 nitrogen and oxygen atoms in total. The predicted octanol–water partition coefficient (Wildman–Crippen LogP) is 2.13. The van der Waals surface area contributed by atoms with Crippen molar-refractivity contribution in [2.75, 3.05) is 19.6 Å². The van der Waals surface area contributed by atoms with Crippen LogP contribution >= 0.6 is 0 Å². The molecule has 1 aromatic heterocycles. The third-order valence-corrected chi connectivity index (χ3v) is 4.80. The SMILES string of the molecule is CCN1CCCC(Cc2nnc3n2CCC(C)C3)C1. The van der Waals surface area contributed by atoms with E-state index in [-0.39, 0.29) is 0 Å². The molecule has 0 amide bonds. The Labute approximate surface area is 116 Å². The van der Waals surface area contributed by atoms with Gasteiger partial charge in [0.2, 0.25) is 0 Å². The molecule has 2 aliphatic heterocycles. The van der Waals surface area contributed by atoms with Gasteiger partial charge in [0.25, 0.3) is 0 Å². The zero-order valence-corrected chi connectivity index (χ0v) is 12.3. The van der Waals surface area contributed by atoms with Crippen LogP contribution in [-0.2, 0) is 19.4 Å². The average Bonchev–Trinajstić information content (AvgIpc) is 2.81. The van der Waals surface area contributed by atoms with Crippen LogP contribution in [-0.4, -0.2) is 39.3 Å². The Morgan fingerprint density at radius 2 is 2.11 bits per heavy atom. The molecule has 0 saturated carbocycles. The molecule has 2 aliphatic rings. The largest absolute Gasteiger partial charge is 0.315 e. The summed E-state index contributed by atoms with van der Waals surface area (Å²) in [5, 5.41) is 8.88. The summed E-state index contributed by atoms with van der Waals surface area (Å²) in [6, 6.07) is 0. The zero-order chi connectivity index (χ0) is 13.2. The first-order valence-corrected chi connectivity index (χ1v) is 7.89. The highest BCUT2D eigenvalue weighted by Gasteiger charge is 2.24. The van der Waals surface area contributed by atoms with Crippen LogP contribution in [0.5, 0.6) is 0 Å². The van der Waals surface area contributed by atoms with Gasteiger partial charge in [-0.3, -0.25) is 0 Å². The van der Waals surface area contributed by atoms with Crippen LogP contribution in [0.3, 0.4) is 0 Å². The van der Waals surface area contributed by atoms with Gasteiger partial charge in [0.15, 0.2) is 0 Å². The third kappa shape index (κ3) is 2.83. The van der Waals surface area contributed by atoms with E-state index in [2.05, 4.69) is 33.5 Å². The molecular formula is C15H26N4. The molecule has 0 aliphatic carbocycles. The lowest BCUT2D eigenvalue weighted by Gasteiger charge is -2.31. The molecule has 0 radical (unpaired) electrons. The van der Waals surface area contributed by atoms with Crippen LogP contribution in [0.25, 0.3) is 0 Å². The van der Waals surface area contributed by atoms with Crippen molar-refractivity contribution >= 4 is 0 Å². The predicted molar refractivity (Wildman–Crippen MR) is 76.0 cm³/mol. The number of piperidine rings is 1. The first-order chi connectivity index (χ1) is 9.26. The molecule has 106 valence electrons. The molecule has 0 N–H and O–H groups in total. The highest BCUT2D eigenvalue weighted by molar-refractivity contribution is 5.01. The number of likely N-dealkylation sites (tertiary alicyclic amines) is 1. The second-order valence-corrected chi connectivity index (χ2v) is 6.39. The van der Waals surface area contributed by atoms with E-state index in [9.17, 15) is 0 Å². The standard InChI is InChI=1S/C15H26N4/c1-3-18-7-4-5-13(11-18)10-15-17-16-14-9-12(2)6-8-19(14)15/h12-13H,3-11H2,1-2H3. The summed E-state index contributed by atoms with van der Waals surface area (Å²) in [4.78, 5) is 2.57. The number of rotatable bonds is 3. The highest BCUT2D eigenvalue weighted by Crippen LogP contribution is 2.24. The molecule has 4 heteroatoms. The molecule has 3 rings (SSSR count). The van der Waals surface area contributed by atoms with E-state index in [1.165, 1.54) is 50.5 Å². The number of fused-ring (bicyclic) bond motifs is 1. The van der Waals surface area contributed by atoms with E-state index >= 15 is 0 Å². The van der Waals surface area contributed by atoms with Crippen molar-refractivity contribution in [3.63, 3.8) is 0 Å². The number of nitrogens with zero attached hydrogens (tertiary/aromatic N) is 4. The van der Waals surface area contributed by atoms with Crippen LogP contribution in [0.1, 0.15) is 44.8 Å². The Bertz CT molecular complexity index is 426. The summed E-state index contributed by atoms with van der Waals surface area (Å²) in [6.07, 6.45) is 6.21. The Morgan fingerprint density at radius 1 is 1.21 bits per heavy atom. The lowest BCUT2D eigenvalue weighted by atomic mass is 9.94. The van der Waals surface area contributed by atoms with Crippen molar-refractivity contribution in [3.05, 3.63) is 11.6 Å². The van der Waals surface area contributed by atoms with Gasteiger partial charge in [-0.25, -0.2) is 0 Å². The smallest absolute Gasteiger partial charge is 0.133 e. The number of hydrogen-bond donors (Lipinski definition) is 0. The van der Waals surface area contributed by atoms with Crippen LogP contribution in [0.2, 0.25) is 0 Å².